The summed E-state index contributed by atoms with van der Waals surface area (Å²) < 4.78 is 13.4. The Morgan fingerprint density at radius 2 is 1.79 bits per heavy atom. The number of fused-ring (bicyclic) bond motifs is 2. The molecule has 0 bridgehead atoms. The van der Waals surface area contributed by atoms with Crippen molar-refractivity contribution in [3.8, 4) is 0 Å². The van der Waals surface area contributed by atoms with Crippen molar-refractivity contribution in [3.63, 3.8) is 0 Å². The van der Waals surface area contributed by atoms with E-state index in [1.54, 1.807) is 29.2 Å². The lowest BCUT2D eigenvalue weighted by Crippen LogP contribution is -2.59. The average Bonchev–Trinajstić information content (AvgIpc) is 2.89. The van der Waals surface area contributed by atoms with Crippen molar-refractivity contribution in [3.05, 3.63) is 71.0 Å². The number of carbonyl (C=O) groups is 1. The van der Waals surface area contributed by atoms with Crippen molar-refractivity contribution < 1.29 is 14.3 Å². The molecule has 0 aromatic heterocycles. The highest BCUT2D eigenvalue weighted by molar-refractivity contribution is 6.17. The lowest BCUT2D eigenvalue weighted by molar-refractivity contribution is 0.0637. The number of hydrogen-bond acceptors (Lipinski definition) is 3. The van der Waals surface area contributed by atoms with E-state index in [1.807, 2.05) is 13.8 Å². The number of amidine groups is 1. The molecular formula is C19H17FN2O2. The molecule has 1 N–H and O–H groups in total. The quantitative estimate of drug-likeness (QED) is 0.877. The molecule has 122 valence electrons. The van der Waals surface area contributed by atoms with Gasteiger partial charge in [0.25, 0.3) is 5.91 Å². The van der Waals surface area contributed by atoms with Crippen LogP contribution in [0.4, 0.5) is 4.39 Å². The summed E-state index contributed by atoms with van der Waals surface area (Å²) in [6.07, 6.45) is 0. The van der Waals surface area contributed by atoms with Gasteiger partial charge >= 0.3 is 0 Å². The van der Waals surface area contributed by atoms with Gasteiger partial charge in [-0.2, -0.15) is 0 Å². The van der Waals surface area contributed by atoms with Gasteiger partial charge in [-0.25, -0.2) is 4.39 Å². The van der Waals surface area contributed by atoms with Crippen molar-refractivity contribution in [2.45, 2.75) is 25.0 Å². The SMILES string of the molecule is CC1(C)CN=C2N1C(=O)c1ccccc1C2(O)c1ccc(F)cc1. The molecule has 0 saturated carbocycles. The second kappa shape index (κ2) is 4.74. The fourth-order valence-electron chi connectivity index (χ4n) is 3.55. The van der Waals surface area contributed by atoms with Crippen LogP contribution >= 0.6 is 0 Å². The molecule has 2 aliphatic rings. The third-order valence-corrected chi connectivity index (χ3v) is 4.77. The van der Waals surface area contributed by atoms with Gasteiger partial charge < -0.3 is 5.11 Å². The van der Waals surface area contributed by atoms with Crippen molar-refractivity contribution in [2.24, 2.45) is 4.99 Å². The standard InChI is InChI=1S/C19H17FN2O2/c1-18(2)11-21-17-19(24,12-7-9-13(20)10-8-12)15-6-4-3-5-14(15)16(23)22(17)18/h3-10,24H,11H2,1-2H3. The van der Waals surface area contributed by atoms with Crippen LogP contribution in [-0.4, -0.2) is 33.8 Å². The largest absolute Gasteiger partial charge is 0.373 e. The van der Waals surface area contributed by atoms with Crippen molar-refractivity contribution in [1.29, 1.82) is 0 Å². The second-order valence-electron chi connectivity index (χ2n) is 6.86. The Kier molecular flexibility index (Phi) is 2.97. The predicted molar refractivity (Wildman–Crippen MR) is 88.4 cm³/mol. The molecule has 24 heavy (non-hydrogen) atoms. The first kappa shape index (κ1) is 15.0. The number of carbonyl (C=O) groups excluding carboxylic acids is 1. The minimum atomic E-state index is -1.58. The van der Waals surface area contributed by atoms with Crippen LogP contribution in [0.3, 0.4) is 0 Å². The van der Waals surface area contributed by atoms with Crippen LogP contribution in [0, 0.1) is 5.82 Å². The first-order valence-corrected chi connectivity index (χ1v) is 7.83. The van der Waals surface area contributed by atoms with E-state index in [4.69, 9.17) is 0 Å². The zero-order chi connectivity index (χ0) is 17.1. The number of nitrogens with zero attached hydrogens (tertiary/aromatic N) is 2. The van der Waals surface area contributed by atoms with Gasteiger partial charge in [0.1, 0.15) is 11.7 Å². The van der Waals surface area contributed by atoms with Crippen LogP contribution in [0.2, 0.25) is 0 Å². The fourth-order valence-corrected chi connectivity index (χ4v) is 3.55. The van der Waals surface area contributed by atoms with Crippen molar-refractivity contribution in [1.82, 2.24) is 4.90 Å². The van der Waals surface area contributed by atoms with Gasteiger partial charge in [-0.05, 0) is 37.6 Å². The monoisotopic (exact) mass is 324 g/mol. The Morgan fingerprint density at radius 3 is 2.50 bits per heavy atom. The Bertz CT molecular complexity index is 873. The average molecular weight is 324 g/mol. The van der Waals surface area contributed by atoms with Gasteiger partial charge in [0.05, 0.1) is 12.1 Å². The number of benzene rings is 2. The molecule has 4 nitrogen and oxygen atoms in total. The third-order valence-electron chi connectivity index (χ3n) is 4.77. The van der Waals surface area contributed by atoms with Crippen LogP contribution in [0.15, 0.2) is 53.5 Å². The summed E-state index contributed by atoms with van der Waals surface area (Å²) >= 11 is 0. The number of amides is 1. The molecule has 1 unspecified atom stereocenters. The molecule has 2 aromatic rings. The van der Waals surface area contributed by atoms with Gasteiger partial charge in [-0.1, -0.05) is 30.3 Å². The highest BCUT2D eigenvalue weighted by Gasteiger charge is 2.55. The first-order valence-electron chi connectivity index (χ1n) is 7.83. The van der Waals surface area contributed by atoms with E-state index in [2.05, 4.69) is 4.99 Å². The Hall–Kier alpha value is -2.53. The number of hydrogen-bond donors (Lipinski definition) is 1. The van der Waals surface area contributed by atoms with E-state index in [0.717, 1.165) is 0 Å². The highest BCUT2D eigenvalue weighted by Crippen LogP contribution is 2.43. The molecule has 0 saturated heterocycles. The summed E-state index contributed by atoms with van der Waals surface area (Å²) in [5.41, 5.74) is -0.683. The summed E-state index contributed by atoms with van der Waals surface area (Å²) in [6.45, 7) is 4.24. The molecule has 0 aliphatic carbocycles. The van der Waals surface area contributed by atoms with E-state index in [-0.39, 0.29) is 11.7 Å². The molecule has 2 aromatic carbocycles. The molecule has 1 amide bonds. The maximum atomic E-state index is 13.4. The zero-order valence-electron chi connectivity index (χ0n) is 13.5. The van der Waals surface area contributed by atoms with Crippen LogP contribution < -0.4 is 0 Å². The Balaban J connectivity index is 2.03. The van der Waals surface area contributed by atoms with Crippen LogP contribution in [0.25, 0.3) is 0 Å². The van der Waals surface area contributed by atoms with E-state index in [0.29, 0.717) is 29.1 Å². The van der Waals surface area contributed by atoms with E-state index < -0.39 is 11.1 Å². The second-order valence-corrected chi connectivity index (χ2v) is 6.86. The van der Waals surface area contributed by atoms with Gasteiger partial charge in [0, 0.05) is 11.1 Å². The summed E-state index contributed by atoms with van der Waals surface area (Å²) in [6, 6.07) is 12.7. The third kappa shape index (κ3) is 1.82. The Labute approximate surface area is 139 Å². The molecule has 0 spiro atoms. The minimum Gasteiger partial charge on any atom is -0.373 e. The van der Waals surface area contributed by atoms with Gasteiger partial charge in [-0.3, -0.25) is 14.7 Å². The first-order chi connectivity index (χ1) is 11.4. The maximum absolute atomic E-state index is 13.4. The molecule has 5 heteroatoms. The molecule has 4 rings (SSSR count). The topological polar surface area (TPSA) is 52.9 Å². The summed E-state index contributed by atoms with van der Waals surface area (Å²) in [5, 5.41) is 11.7. The van der Waals surface area contributed by atoms with E-state index in [9.17, 15) is 14.3 Å². The van der Waals surface area contributed by atoms with Crippen molar-refractivity contribution in [2.75, 3.05) is 6.54 Å². The Morgan fingerprint density at radius 1 is 1.12 bits per heavy atom. The fraction of sp³-hybridized carbons (Fsp3) is 0.263. The molecule has 0 radical (unpaired) electrons. The molecular weight excluding hydrogens is 307 g/mol. The summed E-state index contributed by atoms with van der Waals surface area (Å²) in [5.74, 6) is -0.241. The molecule has 2 heterocycles. The van der Waals surface area contributed by atoms with E-state index >= 15 is 0 Å². The normalized spacial score (nSPS) is 24.4. The number of rotatable bonds is 1. The van der Waals surface area contributed by atoms with Crippen LogP contribution in [-0.2, 0) is 5.60 Å². The smallest absolute Gasteiger partial charge is 0.260 e. The molecule has 0 fully saturated rings. The zero-order valence-corrected chi connectivity index (χ0v) is 13.5. The lowest BCUT2D eigenvalue weighted by atomic mass is 9.78. The molecule has 2 aliphatic heterocycles. The van der Waals surface area contributed by atoms with Crippen LogP contribution in [0.1, 0.15) is 35.3 Å². The number of halogens is 1. The van der Waals surface area contributed by atoms with Gasteiger partial charge in [-0.15, -0.1) is 0 Å². The predicted octanol–water partition coefficient (Wildman–Crippen LogP) is 2.71. The van der Waals surface area contributed by atoms with Gasteiger partial charge in [0.15, 0.2) is 5.60 Å². The summed E-state index contributed by atoms with van der Waals surface area (Å²) in [7, 11) is 0. The highest BCUT2D eigenvalue weighted by atomic mass is 19.1. The minimum absolute atomic E-state index is 0.168. The van der Waals surface area contributed by atoms with Crippen LogP contribution in [0.5, 0.6) is 0 Å². The van der Waals surface area contributed by atoms with Gasteiger partial charge in [0.2, 0.25) is 0 Å². The van der Waals surface area contributed by atoms with E-state index in [1.165, 1.54) is 24.3 Å². The lowest BCUT2D eigenvalue weighted by Gasteiger charge is -2.43. The van der Waals surface area contributed by atoms with Crippen molar-refractivity contribution >= 4 is 11.7 Å². The maximum Gasteiger partial charge on any atom is 0.260 e. The summed E-state index contributed by atoms with van der Waals surface area (Å²) in [4.78, 5) is 19.0. The number of aliphatic imine (C=N–C) groups is 1. The molecule has 1 atom stereocenters. The number of aliphatic hydroxyl groups is 1.